The predicted octanol–water partition coefficient (Wildman–Crippen LogP) is 28.2. The molecule has 4 heteroatoms. The monoisotopic (exact) mass is 1400 g/mol. The van der Waals surface area contributed by atoms with Gasteiger partial charge in [0.2, 0.25) is 0 Å². The van der Waals surface area contributed by atoms with Gasteiger partial charge >= 0.3 is 0 Å². The second kappa shape index (κ2) is 25.2. The number of fused-ring (bicyclic) bond motifs is 20. The molecule has 2 spiro atoms. The van der Waals surface area contributed by atoms with Crippen LogP contribution in [-0.2, 0) is 10.8 Å². The van der Waals surface area contributed by atoms with Crippen LogP contribution in [0.2, 0.25) is 0 Å². The molecule has 514 valence electrons. The van der Waals surface area contributed by atoms with Crippen LogP contribution in [0.25, 0.3) is 77.2 Å². The molecule has 0 N–H and O–H groups in total. The topological polar surface area (TPSA) is 13.0 Å². The molecular formula is C106H70N4. The molecule has 0 atom stereocenters. The minimum Gasteiger partial charge on any atom is -0.310 e. The first-order valence-corrected chi connectivity index (χ1v) is 38.1. The molecule has 22 rings (SSSR count). The van der Waals surface area contributed by atoms with E-state index in [0.29, 0.717) is 0 Å². The molecule has 2 heterocycles. The highest BCUT2D eigenvalue weighted by Crippen LogP contribution is 2.67. The normalized spacial score (nSPS) is 13.4. The van der Waals surface area contributed by atoms with Crippen LogP contribution in [0.5, 0.6) is 0 Å². The van der Waals surface area contributed by atoms with Crippen LogP contribution in [0, 0.1) is 0 Å². The van der Waals surface area contributed by atoms with E-state index in [2.05, 4.69) is 444 Å². The zero-order chi connectivity index (χ0) is 72.4. The maximum atomic E-state index is 2.49. The number of benzene rings is 18. The maximum Gasteiger partial charge on any atom is 0.0755 e. The van der Waals surface area contributed by atoms with E-state index in [1.165, 1.54) is 111 Å². The molecule has 18 aromatic rings. The quantitative estimate of drug-likeness (QED) is 0.128. The van der Waals surface area contributed by atoms with E-state index in [1.54, 1.807) is 0 Å². The van der Waals surface area contributed by atoms with Crippen molar-refractivity contribution < 1.29 is 0 Å². The van der Waals surface area contributed by atoms with E-state index in [-0.39, 0.29) is 0 Å². The summed E-state index contributed by atoms with van der Waals surface area (Å²) in [6.45, 7) is 0. The lowest BCUT2D eigenvalue weighted by atomic mass is 9.64. The van der Waals surface area contributed by atoms with Crippen molar-refractivity contribution in [2.45, 2.75) is 10.8 Å². The van der Waals surface area contributed by atoms with Crippen molar-refractivity contribution in [3.8, 4) is 55.6 Å². The molecule has 4 aliphatic rings. The fraction of sp³-hybridized carbons (Fsp3) is 0.0189. The first-order chi connectivity index (χ1) is 54.6. The van der Waals surface area contributed by atoms with Crippen molar-refractivity contribution in [2.24, 2.45) is 0 Å². The summed E-state index contributed by atoms with van der Waals surface area (Å²) in [5, 5.41) is 4.79. The highest BCUT2D eigenvalue weighted by Gasteiger charge is 2.54. The number of nitrogens with zero attached hydrogens (tertiary/aromatic N) is 4. The van der Waals surface area contributed by atoms with Gasteiger partial charge in [0.15, 0.2) is 0 Å². The van der Waals surface area contributed by atoms with Crippen molar-refractivity contribution in [3.63, 3.8) is 0 Å². The minimum atomic E-state index is -0.646. The summed E-state index contributed by atoms with van der Waals surface area (Å²) < 4.78 is 0. The van der Waals surface area contributed by atoms with Gasteiger partial charge in [-0.2, -0.15) is 0 Å². The van der Waals surface area contributed by atoms with Gasteiger partial charge in [-0.25, -0.2) is 0 Å². The fourth-order valence-electron chi connectivity index (χ4n) is 19.2. The van der Waals surface area contributed by atoms with Crippen LogP contribution in [0.3, 0.4) is 0 Å². The largest absolute Gasteiger partial charge is 0.310 e. The summed E-state index contributed by atoms with van der Waals surface area (Å²) in [6.07, 6.45) is 0. The van der Waals surface area contributed by atoms with Gasteiger partial charge in [0.05, 0.1) is 45.0 Å². The van der Waals surface area contributed by atoms with Crippen LogP contribution >= 0.6 is 0 Å². The molecule has 0 radical (unpaired) electrons. The second-order valence-corrected chi connectivity index (χ2v) is 29.4. The van der Waals surface area contributed by atoms with Gasteiger partial charge in [-0.1, -0.05) is 309 Å². The summed E-state index contributed by atoms with van der Waals surface area (Å²) in [5.41, 5.74) is 34.4. The Hall–Kier alpha value is -14.3. The zero-order valence-electron chi connectivity index (χ0n) is 60.2. The van der Waals surface area contributed by atoms with Crippen LogP contribution in [0.15, 0.2) is 425 Å². The third-order valence-electron chi connectivity index (χ3n) is 23.8. The van der Waals surface area contributed by atoms with E-state index in [1.807, 2.05) is 0 Å². The molecule has 0 aromatic heterocycles. The van der Waals surface area contributed by atoms with E-state index < -0.39 is 10.8 Å². The molecular weight excluding hydrogens is 1330 g/mol. The predicted molar refractivity (Wildman–Crippen MR) is 458 cm³/mol. The molecule has 4 nitrogen and oxygen atoms in total. The Morgan fingerprint density at radius 1 is 0.191 bits per heavy atom. The smallest absolute Gasteiger partial charge is 0.0755 e. The van der Waals surface area contributed by atoms with Crippen molar-refractivity contribution in [1.29, 1.82) is 0 Å². The molecule has 0 saturated heterocycles. The van der Waals surface area contributed by atoms with Crippen molar-refractivity contribution in [1.82, 2.24) is 0 Å². The van der Waals surface area contributed by atoms with E-state index in [0.717, 1.165) is 79.1 Å². The Kier molecular flexibility index (Phi) is 14.4. The number of para-hydroxylation sites is 5. The molecule has 0 unspecified atom stereocenters. The van der Waals surface area contributed by atoms with Crippen LogP contribution in [-0.4, -0.2) is 0 Å². The molecule has 0 bridgehead atoms. The Labute approximate surface area is 640 Å². The third kappa shape index (κ3) is 9.46. The number of anilines is 12. The summed E-state index contributed by atoms with van der Waals surface area (Å²) in [6, 6.07) is 158. The average molecular weight is 1400 g/mol. The molecule has 0 saturated carbocycles. The zero-order valence-corrected chi connectivity index (χ0v) is 60.2. The van der Waals surface area contributed by atoms with Crippen LogP contribution < -0.4 is 19.6 Å². The van der Waals surface area contributed by atoms with Crippen molar-refractivity contribution in [2.75, 3.05) is 19.6 Å². The average Bonchev–Trinajstić information content (AvgIpc) is 1.47. The van der Waals surface area contributed by atoms with Gasteiger partial charge in [-0.15, -0.1) is 0 Å². The molecule has 110 heavy (non-hydrogen) atoms. The number of hydrogen-bond donors (Lipinski definition) is 0. The van der Waals surface area contributed by atoms with Crippen LogP contribution in [0.4, 0.5) is 68.2 Å². The van der Waals surface area contributed by atoms with Gasteiger partial charge < -0.3 is 19.6 Å². The number of rotatable bonds is 11. The highest BCUT2D eigenvalue weighted by atomic mass is 15.2. The SMILES string of the molecule is c1ccc(-c2ccc(N(c3ccc4ccccc4c3)c3cccc4c3-c3ccccc3C43c4ccccc4N(c4ccc(-c5cccc(-c6ccc(N(c7ccc8c(c7)-c7ccccc7C87c8ccccc8N(c8ccccc8)c8ccccc87)c7cccc8ccccc78)cc6)c5)cc4)c4ccccc43)cc2)cc1. The molecule has 2 aliphatic heterocycles. The summed E-state index contributed by atoms with van der Waals surface area (Å²) in [7, 11) is 0. The molecule has 18 aromatic carbocycles. The van der Waals surface area contributed by atoms with E-state index >= 15 is 0 Å². The summed E-state index contributed by atoms with van der Waals surface area (Å²) in [5.74, 6) is 0. The Bertz CT molecular complexity index is 6580. The first kappa shape index (κ1) is 63.0. The van der Waals surface area contributed by atoms with Crippen LogP contribution in [0.1, 0.15) is 44.5 Å². The maximum absolute atomic E-state index is 2.49. The minimum absolute atomic E-state index is 0.562. The Morgan fingerprint density at radius 2 is 0.564 bits per heavy atom. The van der Waals surface area contributed by atoms with E-state index in [4.69, 9.17) is 0 Å². The van der Waals surface area contributed by atoms with Gasteiger partial charge in [0.25, 0.3) is 0 Å². The lowest BCUT2D eigenvalue weighted by Crippen LogP contribution is -2.36. The lowest BCUT2D eigenvalue weighted by Gasteiger charge is -2.45. The Morgan fingerprint density at radius 3 is 1.18 bits per heavy atom. The van der Waals surface area contributed by atoms with Crippen molar-refractivity contribution in [3.05, 3.63) is 469 Å². The number of hydrogen-bond acceptors (Lipinski definition) is 4. The first-order valence-electron chi connectivity index (χ1n) is 38.1. The van der Waals surface area contributed by atoms with E-state index in [9.17, 15) is 0 Å². The van der Waals surface area contributed by atoms with Gasteiger partial charge in [0.1, 0.15) is 0 Å². The highest BCUT2D eigenvalue weighted by molar-refractivity contribution is 6.05. The second-order valence-electron chi connectivity index (χ2n) is 29.4. The standard InChI is InChI=1S/C106H70N4/c1-3-26-71(27-4-1)73-52-59-82(60-53-73)108(84-65-58-72-28-7-8-30-79(72)69-84)103-51-25-45-97-104(103)88-38-12-14-40-91(88)106(97)95-43-17-21-48-101(95)110(102-49-22-18-44-96(102)106)83-63-56-75(57-64-83)78-33-23-32-77(68-78)74-54-61-81(62-55-74)107(98-50-24-31-76-29-9-10-36-86(76)98)85-66-67-92-89(70-85)87-37-11-13-39-90(87)105(92)93-41-15-19-46-99(93)109(80-34-5-2-6-35-80)100-47-20-16-42-94(100)105/h1-70H. The fourth-order valence-corrected chi connectivity index (χ4v) is 19.2. The van der Waals surface area contributed by atoms with Gasteiger partial charge in [-0.3, -0.25) is 0 Å². The molecule has 0 amide bonds. The van der Waals surface area contributed by atoms with Gasteiger partial charge in [-0.05, 0) is 226 Å². The summed E-state index contributed by atoms with van der Waals surface area (Å²) >= 11 is 0. The third-order valence-corrected chi connectivity index (χ3v) is 23.8. The van der Waals surface area contributed by atoms with Crippen molar-refractivity contribution >= 4 is 89.8 Å². The van der Waals surface area contributed by atoms with Gasteiger partial charge in [0, 0.05) is 45.1 Å². The Balaban J connectivity index is 0.613. The summed E-state index contributed by atoms with van der Waals surface area (Å²) in [4.78, 5) is 9.89. The molecule has 2 aliphatic carbocycles. The lowest BCUT2D eigenvalue weighted by molar-refractivity contribution is 0.752. The molecule has 0 fully saturated rings.